The summed E-state index contributed by atoms with van der Waals surface area (Å²) in [4.78, 5) is 23.6. The Morgan fingerprint density at radius 1 is 1.00 bits per heavy atom. The van der Waals surface area contributed by atoms with Gasteiger partial charge in [0.05, 0.1) is 18.1 Å². The van der Waals surface area contributed by atoms with Crippen LogP contribution in [-0.4, -0.2) is 44.1 Å². The summed E-state index contributed by atoms with van der Waals surface area (Å²) in [7, 11) is 0. The van der Waals surface area contributed by atoms with E-state index in [0.29, 0.717) is 29.9 Å². The molecule has 1 saturated carbocycles. The minimum absolute atomic E-state index is 0.222. The Kier molecular flexibility index (Phi) is 5.09. The molecule has 7 nitrogen and oxygen atoms in total. The van der Waals surface area contributed by atoms with E-state index in [9.17, 15) is 4.79 Å². The van der Waals surface area contributed by atoms with Gasteiger partial charge in [-0.3, -0.25) is 9.78 Å². The minimum Gasteiger partial charge on any atom is -0.415 e. The zero-order valence-corrected chi connectivity index (χ0v) is 16.7. The summed E-state index contributed by atoms with van der Waals surface area (Å²) in [5, 5.41) is 8.27. The molecular weight excluding hydrogens is 378 g/mol. The lowest BCUT2D eigenvalue weighted by Gasteiger charge is -2.28. The van der Waals surface area contributed by atoms with Gasteiger partial charge in [-0.1, -0.05) is 37.1 Å². The highest BCUT2D eigenvalue weighted by Crippen LogP contribution is 2.29. The number of rotatable bonds is 4. The Morgan fingerprint density at radius 3 is 2.53 bits per heavy atom. The largest absolute Gasteiger partial charge is 0.415 e. The summed E-state index contributed by atoms with van der Waals surface area (Å²) >= 11 is 0. The fourth-order valence-electron chi connectivity index (χ4n) is 4.18. The smallest absolute Gasteiger partial charge is 0.268 e. The third kappa shape index (κ3) is 3.75. The first-order valence-corrected chi connectivity index (χ1v) is 10.5. The summed E-state index contributed by atoms with van der Waals surface area (Å²) in [6, 6.07) is 9.64. The van der Waals surface area contributed by atoms with Crippen molar-refractivity contribution in [2.24, 2.45) is 5.92 Å². The number of aromatic nitrogens is 4. The van der Waals surface area contributed by atoms with Crippen molar-refractivity contribution in [2.75, 3.05) is 13.1 Å². The number of carbonyl (C=O) groups excluding carboxylic acids is 1. The SMILES string of the molecule is O=C(C1CCCC1)N1CC=C(c2cncc(-c3nnc(-c4ccccc4)o3)n2)CC1. The summed E-state index contributed by atoms with van der Waals surface area (Å²) in [5.74, 6) is 1.33. The van der Waals surface area contributed by atoms with Gasteiger partial charge in [-0.25, -0.2) is 4.98 Å². The van der Waals surface area contributed by atoms with Crippen molar-refractivity contribution < 1.29 is 9.21 Å². The lowest BCUT2D eigenvalue weighted by atomic mass is 10.0. The Balaban J connectivity index is 1.32. The van der Waals surface area contributed by atoms with Crippen LogP contribution in [0.25, 0.3) is 28.6 Å². The lowest BCUT2D eigenvalue weighted by molar-refractivity contribution is -0.134. The predicted molar refractivity (Wildman–Crippen MR) is 112 cm³/mol. The summed E-state index contributed by atoms with van der Waals surface area (Å²) in [6.45, 7) is 1.36. The van der Waals surface area contributed by atoms with E-state index in [0.717, 1.165) is 42.6 Å². The molecule has 152 valence electrons. The molecule has 1 fully saturated rings. The third-order valence-electron chi connectivity index (χ3n) is 5.85. The van der Waals surface area contributed by atoms with Gasteiger partial charge in [-0.05, 0) is 37.0 Å². The van der Waals surface area contributed by atoms with Crippen LogP contribution in [0.15, 0.2) is 53.2 Å². The Labute approximate surface area is 174 Å². The molecule has 1 aliphatic heterocycles. The van der Waals surface area contributed by atoms with Crippen molar-refractivity contribution in [1.29, 1.82) is 0 Å². The van der Waals surface area contributed by atoms with E-state index < -0.39 is 0 Å². The molecule has 2 aliphatic rings. The van der Waals surface area contributed by atoms with E-state index in [1.807, 2.05) is 35.2 Å². The monoisotopic (exact) mass is 401 g/mol. The molecule has 2 aromatic heterocycles. The number of carbonyl (C=O) groups is 1. The Hall–Kier alpha value is -3.35. The van der Waals surface area contributed by atoms with Crippen molar-refractivity contribution in [3.63, 3.8) is 0 Å². The number of amides is 1. The van der Waals surface area contributed by atoms with Crippen molar-refractivity contribution in [3.8, 4) is 23.0 Å². The first kappa shape index (κ1) is 18.7. The molecule has 0 saturated heterocycles. The zero-order valence-electron chi connectivity index (χ0n) is 16.7. The molecule has 0 N–H and O–H groups in total. The number of benzene rings is 1. The molecular formula is C23H23N5O2. The molecule has 0 atom stereocenters. The van der Waals surface area contributed by atoms with Crippen molar-refractivity contribution in [2.45, 2.75) is 32.1 Å². The second kappa shape index (κ2) is 8.18. The highest BCUT2D eigenvalue weighted by Gasteiger charge is 2.28. The van der Waals surface area contributed by atoms with E-state index in [4.69, 9.17) is 9.40 Å². The minimum atomic E-state index is 0.222. The van der Waals surface area contributed by atoms with Crippen LogP contribution in [0.2, 0.25) is 0 Å². The average molecular weight is 401 g/mol. The molecule has 0 bridgehead atoms. The van der Waals surface area contributed by atoms with Crippen molar-refractivity contribution >= 4 is 11.5 Å². The van der Waals surface area contributed by atoms with Crippen LogP contribution in [0.5, 0.6) is 0 Å². The van der Waals surface area contributed by atoms with Crippen LogP contribution in [0.3, 0.4) is 0 Å². The Morgan fingerprint density at radius 2 is 1.77 bits per heavy atom. The lowest BCUT2D eigenvalue weighted by Crippen LogP contribution is -2.38. The Bertz CT molecular complexity index is 1070. The molecule has 0 radical (unpaired) electrons. The summed E-state index contributed by atoms with van der Waals surface area (Å²) in [6.07, 6.45) is 10.7. The number of hydrogen-bond acceptors (Lipinski definition) is 6. The molecule has 3 heterocycles. The number of nitrogens with zero attached hydrogens (tertiary/aromatic N) is 5. The molecule has 0 spiro atoms. The maximum atomic E-state index is 12.6. The van der Waals surface area contributed by atoms with Crippen LogP contribution >= 0.6 is 0 Å². The van der Waals surface area contributed by atoms with Gasteiger partial charge in [0.2, 0.25) is 11.8 Å². The third-order valence-corrected chi connectivity index (χ3v) is 5.85. The van der Waals surface area contributed by atoms with Gasteiger partial charge in [0.25, 0.3) is 5.89 Å². The second-order valence-corrected chi connectivity index (χ2v) is 7.81. The fourth-order valence-corrected chi connectivity index (χ4v) is 4.18. The van der Waals surface area contributed by atoms with Gasteiger partial charge < -0.3 is 9.32 Å². The highest BCUT2D eigenvalue weighted by atomic mass is 16.4. The second-order valence-electron chi connectivity index (χ2n) is 7.81. The molecule has 0 unspecified atom stereocenters. The highest BCUT2D eigenvalue weighted by molar-refractivity contribution is 5.80. The summed E-state index contributed by atoms with van der Waals surface area (Å²) in [5.41, 5.74) is 3.30. The van der Waals surface area contributed by atoms with Gasteiger partial charge in [-0.2, -0.15) is 0 Å². The maximum Gasteiger partial charge on any atom is 0.268 e. The van der Waals surface area contributed by atoms with E-state index in [-0.39, 0.29) is 5.92 Å². The molecule has 1 aromatic carbocycles. The number of hydrogen-bond donors (Lipinski definition) is 0. The van der Waals surface area contributed by atoms with Crippen LogP contribution in [0.1, 0.15) is 37.8 Å². The zero-order chi connectivity index (χ0) is 20.3. The fraction of sp³-hybridized carbons (Fsp3) is 0.348. The average Bonchev–Trinajstić information content (AvgIpc) is 3.52. The maximum absolute atomic E-state index is 12.6. The predicted octanol–water partition coefficient (Wildman–Crippen LogP) is 4.00. The van der Waals surface area contributed by atoms with Gasteiger partial charge in [0.15, 0.2) is 0 Å². The molecule has 5 rings (SSSR count). The van der Waals surface area contributed by atoms with Crippen LogP contribution < -0.4 is 0 Å². The van der Waals surface area contributed by atoms with Gasteiger partial charge in [0.1, 0.15) is 5.69 Å². The van der Waals surface area contributed by atoms with Gasteiger partial charge >= 0.3 is 0 Å². The van der Waals surface area contributed by atoms with Crippen LogP contribution in [-0.2, 0) is 4.79 Å². The van der Waals surface area contributed by atoms with E-state index >= 15 is 0 Å². The first-order chi connectivity index (χ1) is 14.8. The summed E-state index contributed by atoms with van der Waals surface area (Å²) < 4.78 is 5.81. The molecule has 30 heavy (non-hydrogen) atoms. The normalized spacial score (nSPS) is 17.2. The molecule has 7 heteroatoms. The van der Waals surface area contributed by atoms with E-state index in [1.54, 1.807) is 12.4 Å². The molecule has 1 amide bonds. The first-order valence-electron chi connectivity index (χ1n) is 10.5. The quantitative estimate of drug-likeness (QED) is 0.657. The standard InChI is InChI=1S/C23H23N5O2/c29-23(18-8-4-5-9-18)28-12-10-16(11-13-28)19-14-24-15-20(25-19)22-27-26-21(30-22)17-6-2-1-3-7-17/h1-3,6-7,10,14-15,18H,4-5,8-9,11-13H2. The van der Waals surface area contributed by atoms with Crippen molar-refractivity contribution in [1.82, 2.24) is 25.1 Å². The van der Waals surface area contributed by atoms with Gasteiger partial charge in [0, 0.05) is 24.6 Å². The van der Waals surface area contributed by atoms with Crippen LogP contribution in [0.4, 0.5) is 0 Å². The van der Waals surface area contributed by atoms with E-state index in [1.165, 1.54) is 12.8 Å². The van der Waals surface area contributed by atoms with Crippen molar-refractivity contribution in [3.05, 3.63) is 54.5 Å². The molecule has 3 aromatic rings. The van der Waals surface area contributed by atoms with Crippen LogP contribution in [0, 0.1) is 5.92 Å². The van der Waals surface area contributed by atoms with Gasteiger partial charge in [-0.15, -0.1) is 10.2 Å². The van der Waals surface area contributed by atoms with E-state index in [2.05, 4.69) is 21.3 Å². The topological polar surface area (TPSA) is 85.0 Å². The molecule has 1 aliphatic carbocycles.